The number of rotatable bonds is 3. The van der Waals surface area contributed by atoms with E-state index in [2.05, 4.69) is 24.3 Å². The van der Waals surface area contributed by atoms with Crippen LogP contribution in [-0.2, 0) is 4.79 Å². The number of hydrogen-bond donors (Lipinski definition) is 0. The van der Waals surface area contributed by atoms with Crippen molar-refractivity contribution in [2.24, 2.45) is 0 Å². The zero-order valence-corrected chi connectivity index (χ0v) is 16.5. The van der Waals surface area contributed by atoms with Gasteiger partial charge in [0.1, 0.15) is 0 Å². The van der Waals surface area contributed by atoms with Gasteiger partial charge in [-0.05, 0) is 0 Å². The van der Waals surface area contributed by atoms with E-state index in [0.717, 1.165) is 15.6 Å². The molecular formula is C22H22FNOSe. The molecule has 0 saturated heterocycles. The van der Waals surface area contributed by atoms with Gasteiger partial charge in [0.25, 0.3) is 0 Å². The number of hydrogen-bond acceptors (Lipinski definition) is 1. The van der Waals surface area contributed by atoms with Gasteiger partial charge in [-0.3, -0.25) is 0 Å². The first-order valence-corrected chi connectivity index (χ1v) is 10.8. The normalized spacial score (nSPS) is 26.0. The molecular weight excluding hydrogens is 392 g/mol. The molecule has 4 heteroatoms. The molecule has 134 valence electrons. The van der Waals surface area contributed by atoms with Crippen LogP contribution < -0.4 is 4.46 Å². The molecule has 2 aliphatic rings. The molecule has 2 aromatic carbocycles. The Morgan fingerprint density at radius 1 is 1.00 bits per heavy atom. The number of amides is 1. The summed E-state index contributed by atoms with van der Waals surface area (Å²) in [5.74, 6) is 0.116. The summed E-state index contributed by atoms with van der Waals surface area (Å²) >= 11 is -0.0617. The molecule has 1 aliphatic carbocycles. The fourth-order valence-corrected chi connectivity index (χ4v) is 6.62. The van der Waals surface area contributed by atoms with E-state index in [1.165, 1.54) is 4.46 Å². The van der Waals surface area contributed by atoms with Crippen molar-refractivity contribution in [2.75, 3.05) is 7.05 Å². The molecule has 1 amide bonds. The Kier molecular flexibility index (Phi) is 4.73. The summed E-state index contributed by atoms with van der Waals surface area (Å²) in [6.45, 7) is 0. The van der Waals surface area contributed by atoms with Gasteiger partial charge in [0.2, 0.25) is 0 Å². The van der Waals surface area contributed by atoms with Crippen molar-refractivity contribution >= 4 is 30.9 Å². The van der Waals surface area contributed by atoms with Crippen LogP contribution >= 0.6 is 0 Å². The molecule has 0 bridgehead atoms. The number of halogens is 1. The van der Waals surface area contributed by atoms with E-state index in [1.807, 2.05) is 48.3 Å². The van der Waals surface area contributed by atoms with Gasteiger partial charge in [-0.15, -0.1) is 0 Å². The Bertz CT molecular complexity index is 826. The van der Waals surface area contributed by atoms with Crippen molar-refractivity contribution in [3.8, 4) is 0 Å². The maximum atomic E-state index is 13.9. The first kappa shape index (κ1) is 17.5. The number of carbonyl (C=O) groups is 1. The number of carbonyl (C=O) groups excluding carboxylic acids is 1. The summed E-state index contributed by atoms with van der Waals surface area (Å²) in [4.78, 5) is 15.1. The van der Waals surface area contributed by atoms with E-state index in [4.69, 9.17) is 0 Å². The van der Waals surface area contributed by atoms with Gasteiger partial charge < -0.3 is 0 Å². The Balaban J connectivity index is 1.85. The van der Waals surface area contributed by atoms with Crippen LogP contribution in [0.2, 0.25) is 0 Å². The Morgan fingerprint density at radius 2 is 1.58 bits per heavy atom. The zero-order valence-electron chi connectivity index (χ0n) is 14.8. The topological polar surface area (TPSA) is 20.3 Å². The number of benzene rings is 2. The van der Waals surface area contributed by atoms with Crippen LogP contribution in [0.4, 0.5) is 4.39 Å². The molecule has 1 heterocycles. The monoisotopic (exact) mass is 415 g/mol. The van der Waals surface area contributed by atoms with Gasteiger partial charge in [-0.2, -0.15) is 0 Å². The van der Waals surface area contributed by atoms with Gasteiger partial charge >= 0.3 is 160 Å². The third-order valence-corrected chi connectivity index (χ3v) is 7.89. The minimum atomic E-state index is -0.746. The maximum absolute atomic E-state index is 13.9. The molecule has 0 atom stereocenters. The first-order valence-electron chi connectivity index (χ1n) is 9.07. The second-order valence-corrected chi connectivity index (χ2v) is 9.33. The van der Waals surface area contributed by atoms with Gasteiger partial charge in [-0.1, -0.05) is 0 Å². The van der Waals surface area contributed by atoms with Gasteiger partial charge in [0.15, 0.2) is 0 Å². The SMILES string of the molecule is CN1C(=O)C([Se]c2ccccc2)=C(c2ccccc2)C12CCC(F)CC2. The fraction of sp³-hybridized carbons (Fsp3) is 0.318. The Hall–Kier alpha value is -1.90. The van der Waals surface area contributed by atoms with Gasteiger partial charge in [0.05, 0.1) is 0 Å². The summed E-state index contributed by atoms with van der Waals surface area (Å²) in [7, 11) is 1.90. The van der Waals surface area contributed by atoms with Crippen LogP contribution in [0.5, 0.6) is 0 Å². The van der Waals surface area contributed by atoms with E-state index in [0.29, 0.717) is 25.7 Å². The van der Waals surface area contributed by atoms with Crippen LogP contribution in [0.3, 0.4) is 0 Å². The Labute approximate surface area is 160 Å². The molecule has 4 rings (SSSR count). The van der Waals surface area contributed by atoms with Gasteiger partial charge in [0, 0.05) is 0 Å². The van der Waals surface area contributed by atoms with Gasteiger partial charge in [-0.25, -0.2) is 0 Å². The van der Waals surface area contributed by atoms with Crippen molar-refractivity contribution in [1.29, 1.82) is 0 Å². The van der Waals surface area contributed by atoms with Crippen molar-refractivity contribution in [2.45, 2.75) is 37.4 Å². The molecule has 0 N–H and O–H groups in total. The summed E-state index contributed by atoms with van der Waals surface area (Å²) in [5.41, 5.74) is 1.89. The van der Waals surface area contributed by atoms with E-state index < -0.39 is 6.17 Å². The molecule has 0 unspecified atom stereocenters. The summed E-state index contributed by atoms with van der Waals surface area (Å²) in [5, 5.41) is 0. The molecule has 0 radical (unpaired) electrons. The fourth-order valence-electron chi connectivity index (χ4n) is 4.18. The van der Waals surface area contributed by atoms with Crippen LogP contribution in [0.1, 0.15) is 31.2 Å². The number of nitrogens with zero attached hydrogens (tertiary/aromatic N) is 1. The molecule has 2 aromatic rings. The Morgan fingerprint density at radius 3 is 2.19 bits per heavy atom. The molecule has 1 spiro atoms. The quantitative estimate of drug-likeness (QED) is 0.704. The molecule has 26 heavy (non-hydrogen) atoms. The van der Waals surface area contributed by atoms with Crippen molar-refractivity contribution in [3.05, 3.63) is 70.7 Å². The minimum absolute atomic E-state index is 0.0617. The molecule has 0 aromatic heterocycles. The van der Waals surface area contributed by atoms with Crippen LogP contribution in [0.15, 0.2) is 65.1 Å². The predicted octanol–water partition coefficient (Wildman–Crippen LogP) is 3.55. The second kappa shape index (κ2) is 7.02. The molecule has 1 fully saturated rings. The molecule has 1 aliphatic heterocycles. The molecule has 2 nitrogen and oxygen atoms in total. The zero-order chi connectivity index (χ0) is 18.1. The van der Waals surface area contributed by atoms with Crippen LogP contribution in [0, 0.1) is 0 Å². The third kappa shape index (κ3) is 2.91. The van der Waals surface area contributed by atoms with Crippen LogP contribution in [-0.4, -0.2) is 44.5 Å². The average molecular weight is 414 g/mol. The van der Waals surface area contributed by atoms with E-state index in [-0.39, 0.29) is 26.4 Å². The van der Waals surface area contributed by atoms with E-state index in [1.54, 1.807) is 0 Å². The number of alkyl halides is 1. The van der Waals surface area contributed by atoms with E-state index in [9.17, 15) is 9.18 Å². The summed E-state index contributed by atoms with van der Waals surface area (Å²) < 4.78 is 16.0. The predicted molar refractivity (Wildman–Crippen MR) is 104 cm³/mol. The van der Waals surface area contributed by atoms with E-state index >= 15 is 0 Å². The average Bonchev–Trinajstić information content (AvgIpc) is 2.88. The van der Waals surface area contributed by atoms with Crippen molar-refractivity contribution in [3.63, 3.8) is 0 Å². The molecule has 1 saturated carbocycles. The van der Waals surface area contributed by atoms with Crippen LogP contribution in [0.25, 0.3) is 5.57 Å². The third-order valence-electron chi connectivity index (χ3n) is 5.60. The second-order valence-electron chi connectivity index (χ2n) is 7.06. The standard InChI is InChI=1S/C22H22FNOSe/c1-24-21(25)20(26-18-10-6-3-7-11-18)19(16-8-4-2-5-9-16)22(24)14-12-17(23)13-15-22/h2-11,17H,12-15H2,1H3. The van der Waals surface area contributed by atoms with Crippen molar-refractivity contribution < 1.29 is 9.18 Å². The summed E-state index contributed by atoms with van der Waals surface area (Å²) in [6.07, 6.45) is 1.72. The first-order chi connectivity index (χ1) is 12.6. The summed E-state index contributed by atoms with van der Waals surface area (Å²) in [6, 6.07) is 20.4. The number of likely N-dealkylation sites (N-methyl/N-ethyl adjacent to an activating group) is 1. The van der Waals surface area contributed by atoms with Crippen molar-refractivity contribution in [1.82, 2.24) is 4.90 Å².